The van der Waals surface area contributed by atoms with Crippen LogP contribution in [0.5, 0.6) is 5.75 Å². The number of carbonyl (C=O) groups excluding carboxylic acids is 1. The number of aromatic nitrogens is 2. The highest BCUT2D eigenvalue weighted by atomic mass is 32.2. The SMILES string of the molecule is Cc1ccc(C(C)C)c(OCC(=O)Nc2nnc(SCc3ccccc3)s2)c1. The minimum absolute atomic E-state index is 0.0603. The lowest BCUT2D eigenvalue weighted by Crippen LogP contribution is -2.20. The van der Waals surface area contributed by atoms with Crippen LogP contribution in [0.2, 0.25) is 0 Å². The van der Waals surface area contributed by atoms with E-state index in [0.717, 1.165) is 27.0 Å². The van der Waals surface area contributed by atoms with Crippen LogP contribution in [0.15, 0.2) is 52.9 Å². The van der Waals surface area contributed by atoms with E-state index < -0.39 is 0 Å². The molecule has 3 aromatic rings. The maximum Gasteiger partial charge on any atom is 0.264 e. The zero-order valence-corrected chi connectivity index (χ0v) is 17.8. The Morgan fingerprint density at radius 3 is 2.71 bits per heavy atom. The second kappa shape index (κ2) is 9.71. The summed E-state index contributed by atoms with van der Waals surface area (Å²) in [6.45, 7) is 6.16. The molecule has 0 atom stereocenters. The molecule has 1 amide bonds. The summed E-state index contributed by atoms with van der Waals surface area (Å²) in [7, 11) is 0. The molecule has 0 fully saturated rings. The van der Waals surface area contributed by atoms with E-state index in [9.17, 15) is 4.79 Å². The lowest BCUT2D eigenvalue weighted by atomic mass is 10.0. The Morgan fingerprint density at radius 1 is 1.18 bits per heavy atom. The van der Waals surface area contributed by atoms with Crippen molar-refractivity contribution in [3.8, 4) is 5.75 Å². The molecule has 28 heavy (non-hydrogen) atoms. The molecule has 3 rings (SSSR count). The van der Waals surface area contributed by atoms with Gasteiger partial charge in [-0.25, -0.2) is 0 Å². The fraction of sp³-hybridized carbons (Fsp3) is 0.286. The molecule has 0 unspecified atom stereocenters. The lowest BCUT2D eigenvalue weighted by Gasteiger charge is -2.14. The summed E-state index contributed by atoms with van der Waals surface area (Å²) in [5.74, 6) is 1.65. The summed E-state index contributed by atoms with van der Waals surface area (Å²) in [5, 5.41) is 11.4. The van der Waals surface area contributed by atoms with Crippen molar-refractivity contribution in [1.82, 2.24) is 10.2 Å². The zero-order chi connectivity index (χ0) is 19.9. The number of ether oxygens (including phenoxy) is 1. The number of aryl methyl sites for hydroxylation is 1. The Hall–Kier alpha value is -2.38. The molecule has 0 aliphatic heterocycles. The molecular formula is C21H23N3O2S2. The third kappa shape index (κ3) is 5.81. The largest absolute Gasteiger partial charge is 0.483 e. The standard InChI is InChI=1S/C21H23N3O2S2/c1-14(2)17-10-9-15(3)11-18(17)26-12-19(25)22-20-23-24-21(28-20)27-13-16-7-5-4-6-8-16/h4-11,14H,12-13H2,1-3H3,(H,22,23,25). The van der Waals surface area contributed by atoms with Crippen molar-refractivity contribution in [1.29, 1.82) is 0 Å². The Labute approximate surface area is 173 Å². The normalized spacial score (nSPS) is 10.9. The van der Waals surface area contributed by atoms with Crippen LogP contribution in [0, 0.1) is 6.92 Å². The molecule has 2 aromatic carbocycles. The van der Waals surface area contributed by atoms with Gasteiger partial charge < -0.3 is 4.74 Å². The first-order chi connectivity index (χ1) is 13.5. The quantitative estimate of drug-likeness (QED) is 0.402. The number of nitrogens with zero attached hydrogens (tertiary/aromatic N) is 2. The first-order valence-corrected chi connectivity index (χ1v) is 10.8. The molecule has 0 saturated carbocycles. The number of carbonyl (C=O) groups is 1. The molecule has 7 heteroatoms. The number of anilines is 1. The van der Waals surface area contributed by atoms with E-state index in [1.165, 1.54) is 16.9 Å². The summed E-state index contributed by atoms with van der Waals surface area (Å²) in [6, 6.07) is 16.2. The number of thioether (sulfide) groups is 1. The second-order valence-corrected chi connectivity index (χ2v) is 8.88. The molecule has 0 aliphatic carbocycles. The van der Waals surface area contributed by atoms with E-state index in [-0.39, 0.29) is 12.5 Å². The highest BCUT2D eigenvalue weighted by Crippen LogP contribution is 2.29. The summed E-state index contributed by atoms with van der Waals surface area (Å²) in [4.78, 5) is 12.2. The van der Waals surface area contributed by atoms with Crippen molar-refractivity contribution in [2.24, 2.45) is 0 Å². The third-order valence-electron chi connectivity index (χ3n) is 4.01. The van der Waals surface area contributed by atoms with E-state index in [1.807, 2.05) is 37.3 Å². The van der Waals surface area contributed by atoms with E-state index in [1.54, 1.807) is 11.8 Å². The number of hydrogen-bond acceptors (Lipinski definition) is 6. The highest BCUT2D eigenvalue weighted by Gasteiger charge is 2.12. The Balaban J connectivity index is 1.52. The Kier molecular flexibility index (Phi) is 7.06. The van der Waals surface area contributed by atoms with Gasteiger partial charge in [-0.05, 0) is 35.6 Å². The summed E-state index contributed by atoms with van der Waals surface area (Å²) >= 11 is 2.97. The van der Waals surface area contributed by atoms with E-state index >= 15 is 0 Å². The van der Waals surface area contributed by atoms with Crippen LogP contribution in [-0.4, -0.2) is 22.7 Å². The molecule has 0 aliphatic rings. The minimum atomic E-state index is -0.244. The van der Waals surface area contributed by atoms with E-state index in [2.05, 4.69) is 47.6 Å². The zero-order valence-electron chi connectivity index (χ0n) is 16.1. The number of benzene rings is 2. The van der Waals surface area contributed by atoms with Crippen LogP contribution < -0.4 is 10.1 Å². The fourth-order valence-corrected chi connectivity index (χ4v) is 4.30. The maximum absolute atomic E-state index is 12.2. The van der Waals surface area contributed by atoms with Crippen molar-refractivity contribution in [3.05, 3.63) is 65.2 Å². The van der Waals surface area contributed by atoms with Gasteiger partial charge in [0.25, 0.3) is 5.91 Å². The average Bonchev–Trinajstić information content (AvgIpc) is 3.12. The van der Waals surface area contributed by atoms with Gasteiger partial charge in [0.2, 0.25) is 5.13 Å². The lowest BCUT2D eigenvalue weighted by molar-refractivity contribution is -0.118. The van der Waals surface area contributed by atoms with Gasteiger partial charge in [-0.3, -0.25) is 10.1 Å². The molecule has 1 aromatic heterocycles. The van der Waals surface area contributed by atoms with Gasteiger partial charge in [0.15, 0.2) is 10.9 Å². The molecule has 1 N–H and O–H groups in total. The summed E-state index contributed by atoms with van der Waals surface area (Å²) < 4.78 is 6.58. The summed E-state index contributed by atoms with van der Waals surface area (Å²) in [5.41, 5.74) is 3.42. The van der Waals surface area contributed by atoms with Crippen molar-refractivity contribution in [2.75, 3.05) is 11.9 Å². The van der Waals surface area contributed by atoms with Gasteiger partial charge in [-0.15, -0.1) is 10.2 Å². The van der Waals surface area contributed by atoms with Crippen LogP contribution in [0.4, 0.5) is 5.13 Å². The monoisotopic (exact) mass is 413 g/mol. The van der Waals surface area contributed by atoms with Crippen LogP contribution >= 0.6 is 23.1 Å². The van der Waals surface area contributed by atoms with E-state index in [4.69, 9.17) is 4.74 Å². The topological polar surface area (TPSA) is 64.1 Å². The first kappa shape index (κ1) is 20.4. The first-order valence-electron chi connectivity index (χ1n) is 9.04. The molecule has 146 valence electrons. The average molecular weight is 414 g/mol. The second-order valence-electron chi connectivity index (χ2n) is 6.68. The number of rotatable bonds is 8. The van der Waals surface area contributed by atoms with Crippen molar-refractivity contribution in [2.45, 2.75) is 36.8 Å². The van der Waals surface area contributed by atoms with Crippen LogP contribution in [0.25, 0.3) is 0 Å². The Bertz CT molecular complexity index is 926. The molecule has 0 spiro atoms. The predicted octanol–water partition coefficient (Wildman–Crippen LogP) is 5.28. The molecule has 1 heterocycles. The highest BCUT2D eigenvalue weighted by molar-refractivity contribution is 8.00. The summed E-state index contributed by atoms with van der Waals surface area (Å²) in [6.07, 6.45) is 0. The minimum Gasteiger partial charge on any atom is -0.483 e. The maximum atomic E-state index is 12.2. The fourth-order valence-electron chi connectivity index (χ4n) is 2.58. The molecule has 5 nitrogen and oxygen atoms in total. The van der Waals surface area contributed by atoms with Crippen molar-refractivity contribution >= 4 is 34.1 Å². The predicted molar refractivity (Wildman–Crippen MR) is 115 cm³/mol. The third-order valence-corrected chi connectivity index (χ3v) is 6.05. The van der Waals surface area contributed by atoms with Gasteiger partial charge in [0.1, 0.15) is 5.75 Å². The van der Waals surface area contributed by atoms with E-state index in [0.29, 0.717) is 11.0 Å². The number of hydrogen-bond donors (Lipinski definition) is 1. The number of amides is 1. The Morgan fingerprint density at radius 2 is 1.96 bits per heavy atom. The van der Waals surface area contributed by atoms with Gasteiger partial charge in [-0.2, -0.15) is 0 Å². The molecule has 0 radical (unpaired) electrons. The molecule has 0 saturated heterocycles. The van der Waals surface area contributed by atoms with Gasteiger partial charge in [0, 0.05) is 5.75 Å². The van der Waals surface area contributed by atoms with Crippen LogP contribution in [0.3, 0.4) is 0 Å². The number of nitrogens with one attached hydrogen (secondary N) is 1. The van der Waals surface area contributed by atoms with Crippen LogP contribution in [-0.2, 0) is 10.5 Å². The molecular weight excluding hydrogens is 390 g/mol. The smallest absolute Gasteiger partial charge is 0.264 e. The van der Waals surface area contributed by atoms with Gasteiger partial charge in [0.05, 0.1) is 0 Å². The van der Waals surface area contributed by atoms with Crippen molar-refractivity contribution < 1.29 is 9.53 Å². The van der Waals surface area contributed by atoms with Gasteiger partial charge >= 0.3 is 0 Å². The van der Waals surface area contributed by atoms with Crippen LogP contribution in [0.1, 0.15) is 36.5 Å². The van der Waals surface area contributed by atoms with Gasteiger partial charge in [-0.1, -0.05) is 79.4 Å². The van der Waals surface area contributed by atoms with Crippen molar-refractivity contribution in [3.63, 3.8) is 0 Å². The molecule has 0 bridgehead atoms.